The molecular formula is C14H4F12O4-2. The zero-order valence-electron chi connectivity index (χ0n) is 13.5. The summed E-state index contributed by atoms with van der Waals surface area (Å²) in [5.74, 6) is -16.5. The van der Waals surface area contributed by atoms with Crippen molar-refractivity contribution in [3.8, 4) is 0 Å². The van der Waals surface area contributed by atoms with Crippen molar-refractivity contribution in [3.05, 3.63) is 34.4 Å². The zero-order chi connectivity index (χ0) is 24.0. The maximum absolute atomic E-state index is 13.1. The first-order chi connectivity index (χ1) is 13.1. The number of halogens is 12. The van der Waals surface area contributed by atoms with Gasteiger partial charge in [0.1, 0.15) is 0 Å². The Morgan fingerprint density at radius 3 is 0.900 bits per heavy atom. The van der Waals surface area contributed by atoms with Crippen molar-refractivity contribution < 1.29 is 72.5 Å². The number of aromatic carboxylic acids is 2. The van der Waals surface area contributed by atoms with E-state index >= 15 is 0 Å². The zero-order valence-corrected chi connectivity index (χ0v) is 13.5. The normalized spacial score (nSPS) is 13.8. The summed E-state index contributed by atoms with van der Waals surface area (Å²) in [7, 11) is 0. The van der Waals surface area contributed by atoms with Crippen molar-refractivity contribution in [2.45, 2.75) is 36.5 Å². The van der Waals surface area contributed by atoms with Crippen LogP contribution in [0.25, 0.3) is 0 Å². The van der Waals surface area contributed by atoms with E-state index in [1.807, 2.05) is 0 Å². The molecule has 1 aromatic rings. The fourth-order valence-electron chi connectivity index (χ4n) is 2.64. The molecule has 170 valence electrons. The highest BCUT2D eigenvalue weighted by atomic mass is 19.4. The molecule has 1 rings (SSSR count). The number of carboxylic acids is 2. The van der Waals surface area contributed by atoms with Gasteiger partial charge in [-0.2, -0.15) is 52.7 Å². The lowest BCUT2D eigenvalue weighted by atomic mass is 9.79. The fourth-order valence-corrected chi connectivity index (χ4v) is 2.64. The molecule has 0 saturated carbocycles. The first-order valence-corrected chi connectivity index (χ1v) is 6.98. The minimum atomic E-state index is -6.68. The summed E-state index contributed by atoms with van der Waals surface area (Å²) in [4.78, 5) is 21.9. The second kappa shape index (κ2) is 7.54. The van der Waals surface area contributed by atoms with Crippen LogP contribution in [0.15, 0.2) is 12.1 Å². The van der Waals surface area contributed by atoms with Crippen molar-refractivity contribution >= 4 is 11.9 Å². The average molecular weight is 464 g/mol. The number of hydrogen-bond donors (Lipinski definition) is 0. The van der Waals surface area contributed by atoms with Gasteiger partial charge in [0.05, 0.1) is 11.9 Å². The van der Waals surface area contributed by atoms with E-state index in [4.69, 9.17) is 0 Å². The molecule has 0 saturated heterocycles. The Balaban J connectivity index is 4.40. The van der Waals surface area contributed by atoms with Crippen LogP contribution in [-0.2, 0) is 0 Å². The number of rotatable bonds is 4. The van der Waals surface area contributed by atoms with Gasteiger partial charge in [0.15, 0.2) is 11.8 Å². The smallest absolute Gasteiger partial charge is 0.404 e. The van der Waals surface area contributed by atoms with Gasteiger partial charge in [-0.1, -0.05) is 12.1 Å². The molecule has 30 heavy (non-hydrogen) atoms. The van der Waals surface area contributed by atoms with Gasteiger partial charge in [-0.3, -0.25) is 0 Å². The van der Waals surface area contributed by atoms with Gasteiger partial charge in [-0.25, -0.2) is 0 Å². The lowest BCUT2D eigenvalue weighted by molar-refractivity contribution is -0.266. The summed E-state index contributed by atoms with van der Waals surface area (Å²) in [5.41, 5.74) is -11.0. The molecule has 0 aliphatic heterocycles. The van der Waals surface area contributed by atoms with Gasteiger partial charge >= 0.3 is 24.7 Å². The molecule has 0 spiro atoms. The van der Waals surface area contributed by atoms with E-state index in [-0.39, 0.29) is 12.1 Å². The van der Waals surface area contributed by atoms with Crippen LogP contribution >= 0.6 is 0 Å². The topological polar surface area (TPSA) is 80.3 Å². The van der Waals surface area contributed by atoms with Crippen LogP contribution in [0.4, 0.5) is 52.7 Å². The predicted octanol–water partition coefficient (Wildman–Crippen LogP) is 2.83. The van der Waals surface area contributed by atoms with Gasteiger partial charge in [-0.15, -0.1) is 0 Å². The Morgan fingerprint density at radius 1 is 0.567 bits per heavy atom. The Bertz CT molecular complexity index is 735. The van der Waals surface area contributed by atoms with Crippen LogP contribution in [0.3, 0.4) is 0 Å². The Hall–Kier alpha value is -2.68. The third-order valence-electron chi connectivity index (χ3n) is 3.61. The number of carboxylic acid groups (broad SMARTS) is 2. The van der Waals surface area contributed by atoms with Crippen molar-refractivity contribution in [2.24, 2.45) is 0 Å². The van der Waals surface area contributed by atoms with E-state index in [2.05, 4.69) is 0 Å². The summed E-state index contributed by atoms with van der Waals surface area (Å²) in [6.07, 6.45) is -26.7. The van der Waals surface area contributed by atoms with E-state index in [9.17, 15) is 72.5 Å². The van der Waals surface area contributed by atoms with E-state index in [0.717, 1.165) is 0 Å². The number of carbonyl (C=O) groups excluding carboxylic acids is 2. The summed E-state index contributed by atoms with van der Waals surface area (Å²) in [6.45, 7) is 0. The molecule has 0 fully saturated rings. The van der Waals surface area contributed by atoms with Crippen LogP contribution in [0.1, 0.15) is 43.7 Å². The van der Waals surface area contributed by atoms with Crippen molar-refractivity contribution in [3.63, 3.8) is 0 Å². The van der Waals surface area contributed by atoms with Gasteiger partial charge in [0.25, 0.3) is 0 Å². The van der Waals surface area contributed by atoms with Crippen molar-refractivity contribution in [1.29, 1.82) is 0 Å². The standard InChI is InChI=1S/C14H6F12O4/c15-11(16,17)7(12(18,19)20)5-3(9(27)28)1-2-4(10(29)30)6(5)8(13(21,22)23)14(24,25)26/h1-2,7-8H,(H,27,28)(H,29,30)/p-2. The van der Waals surface area contributed by atoms with Crippen LogP contribution in [0.2, 0.25) is 0 Å². The maximum Gasteiger partial charge on any atom is 0.404 e. The highest BCUT2D eigenvalue weighted by Crippen LogP contribution is 2.54. The second-order valence-corrected chi connectivity index (χ2v) is 5.60. The van der Waals surface area contributed by atoms with Crippen molar-refractivity contribution in [2.75, 3.05) is 0 Å². The largest absolute Gasteiger partial charge is 0.545 e. The molecule has 0 amide bonds. The summed E-state index contributed by atoms with van der Waals surface area (Å²) >= 11 is 0. The van der Waals surface area contributed by atoms with Gasteiger partial charge in [-0.05, 0) is 11.1 Å². The fraction of sp³-hybridized carbons (Fsp3) is 0.429. The van der Waals surface area contributed by atoms with Crippen LogP contribution in [-0.4, -0.2) is 36.6 Å². The maximum atomic E-state index is 13.1. The molecule has 1 aromatic carbocycles. The Kier molecular flexibility index (Phi) is 6.37. The van der Waals surface area contributed by atoms with Crippen LogP contribution < -0.4 is 10.2 Å². The molecule has 0 radical (unpaired) electrons. The molecule has 0 bridgehead atoms. The predicted molar refractivity (Wildman–Crippen MR) is 64.8 cm³/mol. The molecule has 0 atom stereocenters. The Labute approximate surface area is 156 Å². The summed E-state index contributed by atoms with van der Waals surface area (Å²) in [5, 5.41) is 21.9. The monoisotopic (exact) mass is 464 g/mol. The molecule has 0 N–H and O–H groups in total. The average Bonchev–Trinajstić information content (AvgIpc) is 2.41. The van der Waals surface area contributed by atoms with Crippen LogP contribution in [0.5, 0.6) is 0 Å². The van der Waals surface area contributed by atoms with E-state index < -0.39 is 70.7 Å². The number of alkyl halides is 12. The molecule has 0 unspecified atom stereocenters. The molecule has 0 aliphatic carbocycles. The van der Waals surface area contributed by atoms with E-state index in [0.29, 0.717) is 0 Å². The number of hydrogen-bond acceptors (Lipinski definition) is 4. The van der Waals surface area contributed by atoms with Crippen molar-refractivity contribution in [1.82, 2.24) is 0 Å². The van der Waals surface area contributed by atoms with Crippen LogP contribution in [0, 0.1) is 0 Å². The summed E-state index contributed by atoms with van der Waals surface area (Å²) < 4.78 is 157. The SMILES string of the molecule is O=C([O-])c1ccc(C(=O)[O-])c(C(C(F)(F)F)C(F)(F)F)c1C(C(F)(F)F)C(F)(F)F. The van der Waals surface area contributed by atoms with E-state index in [1.165, 1.54) is 0 Å². The quantitative estimate of drug-likeness (QED) is 0.643. The molecule has 0 heterocycles. The van der Waals surface area contributed by atoms with Gasteiger partial charge in [0.2, 0.25) is 0 Å². The first-order valence-electron chi connectivity index (χ1n) is 6.98. The molecule has 0 aromatic heterocycles. The van der Waals surface area contributed by atoms with Gasteiger partial charge < -0.3 is 19.8 Å². The third-order valence-corrected chi connectivity index (χ3v) is 3.61. The minimum absolute atomic E-state index is 0.354. The first kappa shape index (κ1) is 25.4. The Morgan fingerprint density at radius 2 is 0.767 bits per heavy atom. The summed E-state index contributed by atoms with van der Waals surface area (Å²) in [6, 6.07) is -0.707. The van der Waals surface area contributed by atoms with Gasteiger partial charge in [0, 0.05) is 11.1 Å². The highest BCUT2D eigenvalue weighted by molar-refractivity contribution is 5.94. The second-order valence-electron chi connectivity index (χ2n) is 5.60. The lowest BCUT2D eigenvalue weighted by Gasteiger charge is -2.33. The third kappa shape index (κ3) is 5.08. The minimum Gasteiger partial charge on any atom is -0.545 e. The lowest BCUT2D eigenvalue weighted by Crippen LogP contribution is -2.42. The number of carbonyl (C=O) groups is 2. The highest BCUT2D eigenvalue weighted by Gasteiger charge is 2.64. The molecule has 4 nitrogen and oxygen atoms in total. The molecule has 0 aliphatic rings. The molecular weight excluding hydrogens is 460 g/mol. The number of benzene rings is 1. The molecule has 16 heteroatoms. The van der Waals surface area contributed by atoms with E-state index in [1.54, 1.807) is 0 Å².